The number of nitrogens with zero attached hydrogens (tertiary/aromatic N) is 4. The van der Waals surface area contributed by atoms with Gasteiger partial charge in [-0.05, 0) is 37.2 Å². The van der Waals surface area contributed by atoms with Crippen molar-refractivity contribution in [3.05, 3.63) is 54.2 Å². The van der Waals surface area contributed by atoms with E-state index in [1.807, 2.05) is 6.33 Å². The molecule has 1 saturated carbocycles. The molecule has 1 aliphatic carbocycles. The standard InChI is InChI=1S/C19H20N4O/c1-2-6-13(7-3-1)14-10-15(14)17-18-19(21-11-20-17)23(12-22-18)16-8-4-5-9-24-16/h1-3,6-7,11-12,14-16H,4-5,8-10H2/t14-,15+,16?/m0/s1. The summed E-state index contributed by atoms with van der Waals surface area (Å²) < 4.78 is 7.98. The van der Waals surface area contributed by atoms with Crippen molar-refractivity contribution in [2.24, 2.45) is 0 Å². The zero-order valence-electron chi connectivity index (χ0n) is 13.5. The van der Waals surface area contributed by atoms with Gasteiger partial charge >= 0.3 is 0 Å². The zero-order valence-corrected chi connectivity index (χ0v) is 13.5. The largest absolute Gasteiger partial charge is 0.358 e. The molecular formula is C19H20N4O. The minimum Gasteiger partial charge on any atom is -0.358 e. The Bertz CT molecular complexity index is 854. The van der Waals surface area contributed by atoms with E-state index in [0.717, 1.165) is 42.7 Å². The fraction of sp³-hybridized carbons (Fsp3) is 0.421. The van der Waals surface area contributed by atoms with Crippen LogP contribution in [0, 0.1) is 0 Å². The smallest absolute Gasteiger partial charge is 0.165 e. The molecule has 2 aromatic heterocycles. The SMILES string of the molecule is c1ccc([C@@H]2C[C@H]2c2ncnc3c2ncn3C2CCCCO2)cc1. The highest BCUT2D eigenvalue weighted by atomic mass is 16.5. The Kier molecular flexibility index (Phi) is 3.33. The number of hydrogen-bond acceptors (Lipinski definition) is 4. The highest BCUT2D eigenvalue weighted by Gasteiger charge is 2.42. The quantitative estimate of drug-likeness (QED) is 0.736. The molecule has 1 aromatic carbocycles. The first kappa shape index (κ1) is 14.1. The maximum Gasteiger partial charge on any atom is 0.165 e. The molecule has 2 aliphatic rings. The summed E-state index contributed by atoms with van der Waals surface area (Å²) in [6, 6.07) is 10.7. The lowest BCUT2D eigenvalue weighted by atomic mass is 10.1. The van der Waals surface area contributed by atoms with E-state index >= 15 is 0 Å². The number of imidazole rings is 1. The van der Waals surface area contributed by atoms with E-state index in [0.29, 0.717) is 11.8 Å². The van der Waals surface area contributed by atoms with E-state index in [1.165, 1.54) is 12.0 Å². The summed E-state index contributed by atoms with van der Waals surface area (Å²) in [5.41, 5.74) is 4.33. The van der Waals surface area contributed by atoms with Crippen LogP contribution in [0.4, 0.5) is 0 Å². The van der Waals surface area contributed by atoms with Crippen LogP contribution in [0.3, 0.4) is 0 Å². The summed E-state index contributed by atoms with van der Waals surface area (Å²) in [5.74, 6) is 1.01. The molecule has 0 N–H and O–H groups in total. The van der Waals surface area contributed by atoms with Crippen LogP contribution in [0.1, 0.15) is 55.0 Å². The second kappa shape index (κ2) is 5.67. The van der Waals surface area contributed by atoms with Crippen molar-refractivity contribution in [2.75, 3.05) is 6.61 Å². The summed E-state index contributed by atoms with van der Waals surface area (Å²) >= 11 is 0. The molecule has 1 saturated heterocycles. The Morgan fingerprint density at radius 1 is 1.00 bits per heavy atom. The summed E-state index contributed by atoms with van der Waals surface area (Å²) in [6.07, 6.45) is 8.13. The van der Waals surface area contributed by atoms with Crippen LogP contribution >= 0.6 is 0 Å². The van der Waals surface area contributed by atoms with E-state index in [2.05, 4.69) is 49.9 Å². The van der Waals surface area contributed by atoms with Gasteiger partial charge < -0.3 is 4.74 Å². The van der Waals surface area contributed by atoms with Gasteiger partial charge in [0.15, 0.2) is 5.65 Å². The van der Waals surface area contributed by atoms with Gasteiger partial charge in [0.1, 0.15) is 18.1 Å². The average molecular weight is 320 g/mol. The minimum atomic E-state index is 0.0654. The number of hydrogen-bond donors (Lipinski definition) is 0. The number of fused-ring (bicyclic) bond motifs is 1. The molecule has 0 radical (unpaired) electrons. The number of ether oxygens (including phenoxy) is 1. The van der Waals surface area contributed by atoms with Crippen LogP contribution in [0.2, 0.25) is 0 Å². The normalized spacial score (nSPS) is 26.6. The molecule has 3 atom stereocenters. The van der Waals surface area contributed by atoms with Crippen molar-refractivity contribution in [1.29, 1.82) is 0 Å². The number of aromatic nitrogens is 4. The maximum absolute atomic E-state index is 5.90. The molecular weight excluding hydrogens is 300 g/mol. The van der Waals surface area contributed by atoms with Crippen molar-refractivity contribution >= 4 is 11.2 Å². The highest BCUT2D eigenvalue weighted by Crippen LogP contribution is 2.55. The van der Waals surface area contributed by atoms with Gasteiger partial charge in [-0.2, -0.15) is 0 Å². The van der Waals surface area contributed by atoms with Crippen LogP contribution in [0.5, 0.6) is 0 Å². The molecule has 5 nitrogen and oxygen atoms in total. The van der Waals surface area contributed by atoms with Gasteiger partial charge in [-0.1, -0.05) is 30.3 Å². The van der Waals surface area contributed by atoms with Crippen LogP contribution in [-0.2, 0) is 4.74 Å². The van der Waals surface area contributed by atoms with Crippen molar-refractivity contribution in [3.63, 3.8) is 0 Å². The molecule has 2 fully saturated rings. The average Bonchev–Trinajstić information content (AvgIpc) is 3.34. The van der Waals surface area contributed by atoms with Gasteiger partial charge in [-0.3, -0.25) is 4.57 Å². The molecule has 3 heterocycles. The lowest BCUT2D eigenvalue weighted by Crippen LogP contribution is -2.17. The summed E-state index contributed by atoms with van der Waals surface area (Å²) in [7, 11) is 0. The summed E-state index contributed by atoms with van der Waals surface area (Å²) in [5, 5.41) is 0. The van der Waals surface area contributed by atoms with Gasteiger partial charge in [0.05, 0.1) is 12.0 Å². The van der Waals surface area contributed by atoms with Gasteiger partial charge in [0.2, 0.25) is 0 Å². The van der Waals surface area contributed by atoms with Crippen LogP contribution in [0.15, 0.2) is 43.0 Å². The van der Waals surface area contributed by atoms with Gasteiger partial charge in [-0.15, -0.1) is 0 Å². The topological polar surface area (TPSA) is 52.8 Å². The summed E-state index contributed by atoms with van der Waals surface area (Å²) in [6.45, 7) is 0.820. The van der Waals surface area contributed by atoms with E-state index in [9.17, 15) is 0 Å². The molecule has 5 rings (SSSR count). The lowest BCUT2D eigenvalue weighted by molar-refractivity contribution is -0.0298. The fourth-order valence-electron chi connectivity index (χ4n) is 3.86. The third-order valence-electron chi connectivity index (χ3n) is 5.22. The molecule has 3 aromatic rings. The Balaban J connectivity index is 1.49. The van der Waals surface area contributed by atoms with Crippen LogP contribution in [-0.4, -0.2) is 26.1 Å². The van der Waals surface area contributed by atoms with Crippen molar-refractivity contribution in [2.45, 2.75) is 43.7 Å². The molecule has 122 valence electrons. The predicted octanol–water partition coefficient (Wildman–Crippen LogP) is 3.80. The molecule has 1 aliphatic heterocycles. The van der Waals surface area contributed by atoms with Crippen molar-refractivity contribution in [1.82, 2.24) is 19.5 Å². The Morgan fingerprint density at radius 3 is 2.75 bits per heavy atom. The first-order valence-corrected chi connectivity index (χ1v) is 8.76. The molecule has 0 amide bonds. The van der Waals surface area contributed by atoms with E-state index in [-0.39, 0.29) is 6.23 Å². The van der Waals surface area contributed by atoms with Crippen LogP contribution < -0.4 is 0 Å². The maximum atomic E-state index is 5.90. The first-order valence-electron chi connectivity index (χ1n) is 8.76. The number of benzene rings is 1. The van der Waals surface area contributed by atoms with E-state index in [4.69, 9.17) is 4.74 Å². The van der Waals surface area contributed by atoms with Crippen molar-refractivity contribution < 1.29 is 4.74 Å². The Hall–Kier alpha value is -2.27. The molecule has 0 spiro atoms. The highest BCUT2D eigenvalue weighted by molar-refractivity contribution is 5.74. The first-order chi connectivity index (χ1) is 11.9. The predicted molar refractivity (Wildman–Crippen MR) is 90.7 cm³/mol. The molecule has 24 heavy (non-hydrogen) atoms. The second-order valence-corrected chi connectivity index (χ2v) is 6.76. The second-order valence-electron chi connectivity index (χ2n) is 6.76. The van der Waals surface area contributed by atoms with E-state index in [1.54, 1.807) is 6.33 Å². The third kappa shape index (κ3) is 2.31. The van der Waals surface area contributed by atoms with Gasteiger partial charge in [0, 0.05) is 12.5 Å². The van der Waals surface area contributed by atoms with Gasteiger partial charge in [-0.25, -0.2) is 15.0 Å². The Labute approximate surface area is 140 Å². The van der Waals surface area contributed by atoms with Crippen molar-refractivity contribution in [3.8, 4) is 0 Å². The zero-order chi connectivity index (χ0) is 15.9. The van der Waals surface area contributed by atoms with Crippen LogP contribution in [0.25, 0.3) is 11.2 Å². The molecule has 1 unspecified atom stereocenters. The number of rotatable bonds is 3. The lowest BCUT2D eigenvalue weighted by Gasteiger charge is -2.23. The fourth-order valence-corrected chi connectivity index (χ4v) is 3.86. The minimum absolute atomic E-state index is 0.0654. The van der Waals surface area contributed by atoms with E-state index < -0.39 is 0 Å². The monoisotopic (exact) mass is 320 g/mol. The summed E-state index contributed by atoms with van der Waals surface area (Å²) in [4.78, 5) is 13.7. The third-order valence-corrected chi connectivity index (χ3v) is 5.22. The van der Waals surface area contributed by atoms with Gasteiger partial charge in [0.25, 0.3) is 0 Å². The molecule has 5 heteroatoms. The Morgan fingerprint density at radius 2 is 1.92 bits per heavy atom. The molecule has 0 bridgehead atoms.